The molecule has 0 aliphatic rings. The van der Waals surface area contributed by atoms with E-state index in [-0.39, 0.29) is 33.8 Å². The van der Waals surface area contributed by atoms with Crippen LogP contribution in [0, 0.1) is 0 Å². The van der Waals surface area contributed by atoms with E-state index >= 15 is 0 Å². The number of rotatable bonds is 7. The topological polar surface area (TPSA) is 64.6 Å². The molecule has 0 heterocycles. The minimum absolute atomic E-state index is 0.0404. The Morgan fingerprint density at radius 3 is 2.03 bits per heavy atom. The minimum atomic E-state index is -1.02. The van der Waals surface area contributed by atoms with Gasteiger partial charge in [0.2, 0.25) is 0 Å². The standard InChI is InChI=1S/C23H18Cl3NO4/c24-17-12-19(26)21(13-18(17)25)31-22(28)20(11-15-7-3-1-4-8-15)27-23(29)30-14-16-9-5-2-6-10-16/h1-10,12-13,20H,11,14H2,(H,27,29)/t20-/m1/s1. The molecule has 5 nitrogen and oxygen atoms in total. The summed E-state index contributed by atoms with van der Waals surface area (Å²) in [7, 11) is 0. The molecule has 31 heavy (non-hydrogen) atoms. The molecule has 1 amide bonds. The molecule has 3 aromatic rings. The summed E-state index contributed by atoms with van der Waals surface area (Å²) in [4.78, 5) is 25.2. The number of amides is 1. The molecular formula is C23H18Cl3NO4. The summed E-state index contributed by atoms with van der Waals surface area (Å²) in [5, 5.41) is 3.10. The Kier molecular flexibility index (Phi) is 8.18. The fraction of sp³-hybridized carbons (Fsp3) is 0.130. The van der Waals surface area contributed by atoms with Gasteiger partial charge in [-0.2, -0.15) is 0 Å². The molecule has 0 fully saturated rings. The molecule has 0 aliphatic heterocycles. The number of ether oxygens (including phenoxy) is 2. The van der Waals surface area contributed by atoms with Crippen molar-refractivity contribution in [3.8, 4) is 5.75 Å². The van der Waals surface area contributed by atoms with Gasteiger partial charge in [-0.3, -0.25) is 0 Å². The first-order chi connectivity index (χ1) is 14.9. The highest BCUT2D eigenvalue weighted by Gasteiger charge is 2.25. The summed E-state index contributed by atoms with van der Waals surface area (Å²) >= 11 is 18.0. The molecule has 8 heteroatoms. The molecule has 3 aromatic carbocycles. The van der Waals surface area contributed by atoms with Crippen LogP contribution in [0.3, 0.4) is 0 Å². The van der Waals surface area contributed by atoms with Gasteiger partial charge in [-0.1, -0.05) is 95.5 Å². The summed E-state index contributed by atoms with van der Waals surface area (Å²) < 4.78 is 10.6. The lowest BCUT2D eigenvalue weighted by Crippen LogP contribution is -2.44. The number of carbonyl (C=O) groups excluding carboxylic acids is 2. The molecule has 0 aliphatic carbocycles. The zero-order valence-electron chi connectivity index (χ0n) is 16.2. The second kappa shape index (κ2) is 11.0. The van der Waals surface area contributed by atoms with E-state index in [1.165, 1.54) is 12.1 Å². The third kappa shape index (κ3) is 6.89. The van der Waals surface area contributed by atoms with Crippen LogP contribution in [0.5, 0.6) is 5.75 Å². The van der Waals surface area contributed by atoms with Crippen LogP contribution in [0.1, 0.15) is 11.1 Å². The van der Waals surface area contributed by atoms with Gasteiger partial charge in [-0.25, -0.2) is 9.59 Å². The van der Waals surface area contributed by atoms with Crippen LogP contribution in [0.25, 0.3) is 0 Å². The quantitative estimate of drug-likeness (QED) is 0.253. The lowest BCUT2D eigenvalue weighted by atomic mass is 10.1. The Morgan fingerprint density at radius 1 is 0.806 bits per heavy atom. The minimum Gasteiger partial charge on any atom is -0.445 e. The van der Waals surface area contributed by atoms with E-state index < -0.39 is 18.1 Å². The van der Waals surface area contributed by atoms with E-state index in [0.717, 1.165) is 11.1 Å². The number of hydrogen-bond donors (Lipinski definition) is 1. The second-order valence-corrected chi connectivity index (χ2v) is 7.79. The van der Waals surface area contributed by atoms with Gasteiger partial charge in [0.25, 0.3) is 0 Å². The fourth-order valence-corrected chi connectivity index (χ4v) is 3.29. The fourth-order valence-electron chi connectivity index (χ4n) is 2.71. The molecule has 0 aromatic heterocycles. The summed E-state index contributed by atoms with van der Waals surface area (Å²) in [6, 6.07) is 20.1. The van der Waals surface area contributed by atoms with Gasteiger partial charge in [-0.15, -0.1) is 0 Å². The summed E-state index contributed by atoms with van der Waals surface area (Å²) in [5.41, 5.74) is 1.65. The Labute approximate surface area is 194 Å². The first-order valence-corrected chi connectivity index (χ1v) is 10.4. The lowest BCUT2D eigenvalue weighted by Gasteiger charge is -2.18. The molecule has 160 valence electrons. The predicted octanol–water partition coefficient (Wildman–Crippen LogP) is 6.09. The molecule has 1 atom stereocenters. The first kappa shape index (κ1) is 22.9. The normalized spacial score (nSPS) is 11.5. The predicted molar refractivity (Wildman–Crippen MR) is 121 cm³/mol. The van der Waals surface area contributed by atoms with Gasteiger partial charge in [-0.05, 0) is 17.2 Å². The van der Waals surface area contributed by atoms with Gasteiger partial charge in [0.15, 0.2) is 5.75 Å². The molecule has 0 radical (unpaired) electrons. The Bertz CT molecular complexity index is 1050. The van der Waals surface area contributed by atoms with E-state index in [1.807, 2.05) is 60.7 Å². The van der Waals surface area contributed by atoms with Crippen molar-refractivity contribution >= 4 is 46.9 Å². The van der Waals surface area contributed by atoms with E-state index in [0.29, 0.717) is 0 Å². The van der Waals surface area contributed by atoms with Crippen LogP contribution in [0.15, 0.2) is 72.8 Å². The Morgan fingerprint density at radius 2 is 1.39 bits per heavy atom. The monoisotopic (exact) mass is 477 g/mol. The highest BCUT2D eigenvalue weighted by atomic mass is 35.5. The van der Waals surface area contributed by atoms with Gasteiger partial charge in [0.05, 0.1) is 15.1 Å². The number of esters is 1. The van der Waals surface area contributed by atoms with Crippen LogP contribution in [0.2, 0.25) is 15.1 Å². The van der Waals surface area contributed by atoms with Gasteiger partial charge in [0.1, 0.15) is 12.6 Å². The summed E-state index contributed by atoms with van der Waals surface area (Å²) in [6.07, 6.45) is -0.555. The summed E-state index contributed by atoms with van der Waals surface area (Å²) in [6.45, 7) is 0.0679. The Balaban J connectivity index is 1.71. The number of carbonyl (C=O) groups is 2. The average molecular weight is 479 g/mol. The molecular weight excluding hydrogens is 461 g/mol. The smallest absolute Gasteiger partial charge is 0.408 e. The largest absolute Gasteiger partial charge is 0.445 e. The van der Waals surface area contributed by atoms with E-state index in [4.69, 9.17) is 44.3 Å². The van der Waals surface area contributed by atoms with Crippen LogP contribution in [-0.2, 0) is 22.6 Å². The number of hydrogen-bond acceptors (Lipinski definition) is 4. The van der Waals surface area contributed by atoms with E-state index in [1.54, 1.807) is 0 Å². The van der Waals surface area contributed by atoms with Crippen molar-refractivity contribution in [2.45, 2.75) is 19.1 Å². The highest BCUT2D eigenvalue weighted by Crippen LogP contribution is 2.34. The first-order valence-electron chi connectivity index (χ1n) is 9.30. The number of halogens is 3. The number of nitrogens with one attached hydrogen (secondary N) is 1. The maximum absolute atomic E-state index is 12.8. The van der Waals surface area contributed by atoms with Gasteiger partial charge < -0.3 is 14.8 Å². The van der Waals surface area contributed by atoms with Crippen LogP contribution in [0.4, 0.5) is 4.79 Å². The van der Waals surface area contributed by atoms with Crippen molar-refractivity contribution in [2.24, 2.45) is 0 Å². The zero-order chi connectivity index (χ0) is 22.2. The molecule has 3 rings (SSSR count). The third-order valence-corrected chi connectivity index (χ3v) is 5.27. The van der Waals surface area contributed by atoms with Crippen molar-refractivity contribution in [3.63, 3.8) is 0 Å². The van der Waals surface area contributed by atoms with Crippen molar-refractivity contribution in [1.82, 2.24) is 5.32 Å². The average Bonchev–Trinajstić information content (AvgIpc) is 2.77. The van der Waals surface area contributed by atoms with Crippen molar-refractivity contribution in [2.75, 3.05) is 0 Å². The van der Waals surface area contributed by atoms with Crippen LogP contribution < -0.4 is 10.1 Å². The number of alkyl carbamates (subject to hydrolysis) is 1. The lowest BCUT2D eigenvalue weighted by molar-refractivity contribution is -0.136. The highest BCUT2D eigenvalue weighted by molar-refractivity contribution is 6.43. The van der Waals surface area contributed by atoms with Crippen LogP contribution in [-0.4, -0.2) is 18.1 Å². The number of benzene rings is 3. The van der Waals surface area contributed by atoms with E-state index in [2.05, 4.69) is 5.32 Å². The molecule has 0 bridgehead atoms. The van der Waals surface area contributed by atoms with Crippen molar-refractivity contribution in [1.29, 1.82) is 0 Å². The SMILES string of the molecule is O=C(N[C@H](Cc1ccccc1)C(=O)Oc1cc(Cl)c(Cl)cc1Cl)OCc1ccccc1. The molecule has 0 unspecified atom stereocenters. The second-order valence-electron chi connectivity index (χ2n) is 6.57. The van der Waals surface area contributed by atoms with Gasteiger partial charge in [0, 0.05) is 12.5 Å². The molecule has 0 saturated heterocycles. The molecule has 1 N–H and O–H groups in total. The maximum atomic E-state index is 12.8. The molecule has 0 saturated carbocycles. The zero-order valence-corrected chi connectivity index (χ0v) is 18.5. The van der Waals surface area contributed by atoms with E-state index in [9.17, 15) is 9.59 Å². The maximum Gasteiger partial charge on any atom is 0.408 e. The van der Waals surface area contributed by atoms with Crippen LogP contribution >= 0.6 is 34.8 Å². The molecule has 0 spiro atoms. The Hall–Kier alpha value is -2.73. The summed E-state index contributed by atoms with van der Waals surface area (Å²) in [5.74, 6) is -0.681. The third-order valence-electron chi connectivity index (χ3n) is 4.26. The van der Waals surface area contributed by atoms with Gasteiger partial charge >= 0.3 is 12.1 Å². The van der Waals surface area contributed by atoms with Crippen molar-refractivity contribution < 1.29 is 19.1 Å². The van der Waals surface area contributed by atoms with Crippen molar-refractivity contribution in [3.05, 3.63) is 99.0 Å².